The molecule has 0 radical (unpaired) electrons. The number of hydrogen-bond acceptors (Lipinski definition) is 1. The lowest BCUT2D eigenvalue weighted by atomic mass is 10.2. The number of aromatic nitrogens is 2. The number of nitrogens with one attached hydrogen (secondary N) is 1. The highest BCUT2D eigenvalue weighted by atomic mass is 15.1. The first-order valence-corrected chi connectivity index (χ1v) is 3.90. The second-order valence-corrected chi connectivity index (χ2v) is 3.04. The van der Waals surface area contributed by atoms with Crippen molar-refractivity contribution in [1.29, 1.82) is 0 Å². The van der Waals surface area contributed by atoms with E-state index in [0.29, 0.717) is 0 Å². The molecule has 0 unspecified atom stereocenters. The van der Waals surface area contributed by atoms with Crippen LogP contribution in [0.5, 0.6) is 0 Å². The first-order chi connectivity index (χ1) is 4.92. The van der Waals surface area contributed by atoms with Crippen molar-refractivity contribution in [3.63, 3.8) is 0 Å². The molecule has 0 spiro atoms. The van der Waals surface area contributed by atoms with E-state index < -0.39 is 0 Å². The van der Waals surface area contributed by atoms with Crippen LogP contribution in [0.25, 0.3) is 0 Å². The van der Waals surface area contributed by atoms with Gasteiger partial charge in [0.05, 0.1) is 6.20 Å². The van der Waals surface area contributed by atoms with E-state index in [4.69, 9.17) is 0 Å². The normalized spacial score (nSPS) is 30.5. The average molecular weight is 136 g/mol. The highest BCUT2D eigenvalue weighted by Gasteiger charge is 2.36. The summed E-state index contributed by atoms with van der Waals surface area (Å²) in [4.78, 5) is 0. The van der Waals surface area contributed by atoms with Crippen LogP contribution in [-0.4, -0.2) is 10.2 Å². The van der Waals surface area contributed by atoms with Crippen LogP contribution >= 0.6 is 0 Å². The quantitative estimate of drug-likeness (QED) is 0.661. The smallest absolute Gasteiger partial charge is 0.0522 e. The van der Waals surface area contributed by atoms with Crippen molar-refractivity contribution >= 4 is 0 Å². The third-order valence-corrected chi connectivity index (χ3v) is 2.39. The summed E-state index contributed by atoms with van der Waals surface area (Å²) in [7, 11) is 0. The number of rotatable bonds is 2. The van der Waals surface area contributed by atoms with Gasteiger partial charge < -0.3 is 0 Å². The van der Waals surface area contributed by atoms with Gasteiger partial charge in [-0.1, -0.05) is 13.3 Å². The molecule has 2 nitrogen and oxygen atoms in total. The summed E-state index contributed by atoms with van der Waals surface area (Å²) in [6.07, 6.45) is 6.65. The Morgan fingerprint density at radius 2 is 2.70 bits per heavy atom. The molecule has 1 N–H and O–H groups in total. The molecule has 1 fully saturated rings. The van der Waals surface area contributed by atoms with Gasteiger partial charge in [0.1, 0.15) is 0 Å². The second kappa shape index (κ2) is 2.11. The standard InChI is InChI=1S/C8H12N2/c1-2-6-3-8(6)7-4-9-10-5-7/h4-6,8H,2-3H2,1H3,(H,9,10)/t6-,8-/m0/s1. The van der Waals surface area contributed by atoms with Crippen LogP contribution in [0, 0.1) is 5.92 Å². The molecule has 2 rings (SSSR count). The molecule has 1 saturated carbocycles. The number of H-pyrrole nitrogens is 1. The fourth-order valence-corrected chi connectivity index (χ4v) is 1.57. The molecule has 2 atom stereocenters. The van der Waals surface area contributed by atoms with Gasteiger partial charge in [0.25, 0.3) is 0 Å². The summed E-state index contributed by atoms with van der Waals surface area (Å²) >= 11 is 0. The van der Waals surface area contributed by atoms with E-state index in [1.165, 1.54) is 18.4 Å². The molecule has 1 aromatic rings. The van der Waals surface area contributed by atoms with E-state index in [1.807, 2.05) is 12.4 Å². The third-order valence-electron chi connectivity index (χ3n) is 2.39. The predicted molar refractivity (Wildman–Crippen MR) is 39.7 cm³/mol. The molecular formula is C8H12N2. The zero-order valence-corrected chi connectivity index (χ0v) is 6.17. The minimum absolute atomic E-state index is 0.823. The highest BCUT2D eigenvalue weighted by molar-refractivity contribution is 5.19. The van der Waals surface area contributed by atoms with E-state index in [2.05, 4.69) is 17.1 Å². The molecular weight excluding hydrogens is 124 g/mol. The zero-order chi connectivity index (χ0) is 6.97. The molecule has 0 bridgehead atoms. The summed E-state index contributed by atoms with van der Waals surface area (Å²) < 4.78 is 0. The van der Waals surface area contributed by atoms with Gasteiger partial charge in [0.2, 0.25) is 0 Å². The maximum absolute atomic E-state index is 3.93. The van der Waals surface area contributed by atoms with E-state index in [-0.39, 0.29) is 0 Å². The van der Waals surface area contributed by atoms with Crippen LogP contribution < -0.4 is 0 Å². The van der Waals surface area contributed by atoms with Crippen LogP contribution in [0.2, 0.25) is 0 Å². The lowest BCUT2D eigenvalue weighted by Crippen LogP contribution is -1.76. The lowest BCUT2D eigenvalue weighted by molar-refractivity contribution is 0.766. The maximum atomic E-state index is 3.93. The van der Waals surface area contributed by atoms with Gasteiger partial charge in [-0.05, 0) is 23.8 Å². The molecule has 1 aliphatic carbocycles. The van der Waals surface area contributed by atoms with Crippen LogP contribution in [0.3, 0.4) is 0 Å². The van der Waals surface area contributed by atoms with Crippen molar-refractivity contribution in [2.45, 2.75) is 25.7 Å². The van der Waals surface area contributed by atoms with Crippen LogP contribution in [-0.2, 0) is 0 Å². The minimum atomic E-state index is 0.823. The van der Waals surface area contributed by atoms with Gasteiger partial charge in [-0.15, -0.1) is 0 Å². The van der Waals surface area contributed by atoms with Crippen molar-refractivity contribution in [3.05, 3.63) is 18.0 Å². The summed E-state index contributed by atoms with van der Waals surface area (Å²) in [5, 5.41) is 6.77. The molecule has 54 valence electrons. The lowest BCUT2D eigenvalue weighted by Gasteiger charge is -1.88. The van der Waals surface area contributed by atoms with Gasteiger partial charge >= 0.3 is 0 Å². The number of aromatic amines is 1. The molecule has 0 saturated heterocycles. The Labute approximate surface area is 60.6 Å². The molecule has 0 amide bonds. The summed E-state index contributed by atoms with van der Waals surface area (Å²) in [6.45, 7) is 2.25. The minimum Gasteiger partial charge on any atom is -0.285 e. The van der Waals surface area contributed by atoms with Crippen molar-refractivity contribution in [3.8, 4) is 0 Å². The van der Waals surface area contributed by atoms with Crippen molar-refractivity contribution in [2.75, 3.05) is 0 Å². The monoisotopic (exact) mass is 136 g/mol. The van der Waals surface area contributed by atoms with E-state index >= 15 is 0 Å². The van der Waals surface area contributed by atoms with Gasteiger partial charge in [-0.3, -0.25) is 5.10 Å². The first-order valence-electron chi connectivity index (χ1n) is 3.90. The van der Waals surface area contributed by atoms with Gasteiger partial charge in [0.15, 0.2) is 0 Å². The predicted octanol–water partition coefficient (Wildman–Crippen LogP) is 1.92. The molecule has 1 aliphatic rings. The number of hydrogen-bond donors (Lipinski definition) is 1. The summed E-state index contributed by atoms with van der Waals surface area (Å²) in [5.41, 5.74) is 1.40. The molecule has 0 aromatic carbocycles. The van der Waals surface area contributed by atoms with Crippen LogP contribution in [0.1, 0.15) is 31.2 Å². The maximum Gasteiger partial charge on any atom is 0.0522 e. The van der Waals surface area contributed by atoms with E-state index in [0.717, 1.165) is 11.8 Å². The Hall–Kier alpha value is -0.790. The first kappa shape index (κ1) is 5.96. The Kier molecular flexibility index (Phi) is 1.26. The highest BCUT2D eigenvalue weighted by Crippen LogP contribution is 2.48. The SMILES string of the molecule is CC[C@H]1C[C@@H]1c1cn[nH]c1. The largest absolute Gasteiger partial charge is 0.285 e. The Morgan fingerprint density at radius 3 is 3.20 bits per heavy atom. The van der Waals surface area contributed by atoms with Crippen molar-refractivity contribution in [2.24, 2.45) is 5.92 Å². The Morgan fingerprint density at radius 1 is 1.80 bits per heavy atom. The fraction of sp³-hybridized carbons (Fsp3) is 0.625. The second-order valence-electron chi connectivity index (χ2n) is 3.04. The Balaban J connectivity index is 2.05. The van der Waals surface area contributed by atoms with Crippen molar-refractivity contribution in [1.82, 2.24) is 10.2 Å². The molecule has 10 heavy (non-hydrogen) atoms. The molecule has 1 heterocycles. The average Bonchev–Trinajstić information content (AvgIpc) is 2.56. The zero-order valence-electron chi connectivity index (χ0n) is 6.17. The fourth-order valence-electron chi connectivity index (χ4n) is 1.57. The van der Waals surface area contributed by atoms with Gasteiger partial charge in [-0.25, -0.2) is 0 Å². The topological polar surface area (TPSA) is 28.7 Å². The third kappa shape index (κ3) is 0.838. The van der Waals surface area contributed by atoms with E-state index in [1.54, 1.807) is 0 Å². The van der Waals surface area contributed by atoms with Gasteiger partial charge in [0, 0.05) is 6.20 Å². The molecule has 1 aromatic heterocycles. The molecule has 0 aliphatic heterocycles. The molecule has 2 heteroatoms. The van der Waals surface area contributed by atoms with E-state index in [9.17, 15) is 0 Å². The Bertz CT molecular complexity index is 203. The van der Waals surface area contributed by atoms with Crippen molar-refractivity contribution < 1.29 is 0 Å². The summed E-state index contributed by atoms with van der Waals surface area (Å²) in [6, 6.07) is 0. The summed E-state index contributed by atoms with van der Waals surface area (Å²) in [5.74, 6) is 1.77. The van der Waals surface area contributed by atoms with Crippen LogP contribution in [0.15, 0.2) is 12.4 Å². The van der Waals surface area contributed by atoms with Gasteiger partial charge in [-0.2, -0.15) is 5.10 Å². The number of nitrogens with zero attached hydrogens (tertiary/aromatic N) is 1. The van der Waals surface area contributed by atoms with Crippen LogP contribution in [0.4, 0.5) is 0 Å².